The molecule has 0 saturated heterocycles. The fraction of sp³-hybridized carbons (Fsp3) is 0.310. The van der Waals surface area contributed by atoms with Crippen LogP contribution in [0, 0.1) is 12.7 Å². The number of Topliss-reactive ketones (excluding diaryl/α,β-unsaturated/α-hetero) is 1. The molecule has 0 unspecified atom stereocenters. The molecule has 1 heterocycles. The molecule has 1 aliphatic heterocycles. The zero-order valence-electron chi connectivity index (χ0n) is 22.2. The summed E-state index contributed by atoms with van der Waals surface area (Å²) in [7, 11) is 3.31. The van der Waals surface area contributed by atoms with Crippen molar-refractivity contribution < 1.29 is 23.5 Å². The molecular weight excluding hydrogens is 509 g/mol. The lowest BCUT2D eigenvalue weighted by molar-refractivity contribution is -0.122. The van der Waals surface area contributed by atoms with Gasteiger partial charge in [-0.2, -0.15) is 0 Å². The van der Waals surface area contributed by atoms with Crippen LogP contribution in [0.5, 0.6) is 11.5 Å². The van der Waals surface area contributed by atoms with Crippen LogP contribution in [0.15, 0.2) is 48.5 Å². The predicted octanol–water partition coefficient (Wildman–Crippen LogP) is 5.05. The third-order valence-electron chi connectivity index (χ3n) is 6.61. The second-order valence-electron chi connectivity index (χ2n) is 9.75. The Morgan fingerprint density at radius 1 is 1.08 bits per heavy atom. The summed E-state index contributed by atoms with van der Waals surface area (Å²) >= 11 is 0. The Balaban J connectivity index is 0.00000400. The molecule has 0 aromatic heterocycles. The lowest BCUT2D eigenvalue weighted by atomic mass is 9.91. The zero-order valence-corrected chi connectivity index (χ0v) is 23.0. The Morgan fingerprint density at radius 3 is 2.47 bits per heavy atom. The molecule has 0 fully saturated rings. The van der Waals surface area contributed by atoms with Crippen molar-refractivity contribution in [2.24, 2.45) is 5.73 Å². The van der Waals surface area contributed by atoms with Crippen LogP contribution in [0.2, 0.25) is 0 Å². The molecule has 0 spiro atoms. The number of fused-ring (bicyclic) bond motifs is 1. The van der Waals surface area contributed by atoms with E-state index >= 15 is 0 Å². The number of ketones is 1. The lowest BCUT2D eigenvalue weighted by Crippen LogP contribution is -2.52. The second-order valence-corrected chi connectivity index (χ2v) is 9.75. The van der Waals surface area contributed by atoms with E-state index in [-0.39, 0.29) is 43.7 Å². The van der Waals surface area contributed by atoms with Crippen molar-refractivity contribution in [1.29, 1.82) is 0 Å². The van der Waals surface area contributed by atoms with Gasteiger partial charge in [0, 0.05) is 30.7 Å². The molecule has 3 aromatic carbocycles. The normalized spacial score (nSPS) is 13.8. The fourth-order valence-electron chi connectivity index (χ4n) is 4.68. The molecule has 0 radical (unpaired) electrons. The maximum Gasteiger partial charge on any atom is 0.251 e. The number of rotatable bonds is 8. The number of hydrogen-bond acceptors (Lipinski definition) is 6. The highest BCUT2D eigenvalue weighted by molar-refractivity contribution is 6.08. The third kappa shape index (κ3) is 5.61. The van der Waals surface area contributed by atoms with E-state index in [0.717, 1.165) is 33.5 Å². The quantitative estimate of drug-likeness (QED) is 0.414. The number of amides is 1. The van der Waals surface area contributed by atoms with Gasteiger partial charge in [-0.25, -0.2) is 4.39 Å². The maximum atomic E-state index is 14.0. The summed E-state index contributed by atoms with van der Waals surface area (Å²) in [6.45, 7) is 5.57. The molecule has 3 aromatic rings. The number of carbonyl (C=O) groups is 2. The molecule has 0 bridgehead atoms. The summed E-state index contributed by atoms with van der Waals surface area (Å²) in [5.41, 5.74) is 10.1. The maximum absolute atomic E-state index is 14.0. The SMILES string of the molecule is COc1cc(CC(=O)CN)ccc1-c1ccc2c(c1COc1cc(F)ccc1C)N(C)C(=O)C(C)(C)N2.Cl. The van der Waals surface area contributed by atoms with Crippen molar-refractivity contribution in [3.63, 3.8) is 0 Å². The molecule has 202 valence electrons. The van der Waals surface area contributed by atoms with Gasteiger partial charge in [-0.1, -0.05) is 24.3 Å². The van der Waals surface area contributed by atoms with Crippen LogP contribution in [0.4, 0.5) is 15.8 Å². The van der Waals surface area contributed by atoms with Crippen molar-refractivity contribution in [3.8, 4) is 22.6 Å². The van der Waals surface area contributed by atoms with Gasteiger partial charge in [0.1, 0.15) is 29.5 Å². The van der Waals surface area contributed by atoms with Gasteiger partial charge in [0.15, 0.2) is 5.78 Å². The molecule has 3 N–H and O–H groups in total. The predicted molar refractivity (Wildman–Crippen MR) is 150 cm³/mol. The number of methoxy groups -OCH3 is 1. The van der Waals surface area contributed by atoms with Gasteiger partial charge < -0.3 is 25.4 Å². The Labute approximate surface area is 228 Å². The Morgan fingerprint density at radius 2 is 1.79 bits per heavy atom. The van der Waals surface area contributed by atoms with Gasteiger partial charge in [-0.3, -0.25) is 9.59 Å². The second kappa shape index (κ2) is 11.4. The minimum absolute atomic E-state index is 0. The van der Waals surface area contributed by atoms with Gasteiger partial charge in [0.2, 0.25) is 0 Å². The van der Waals surface area contributed by atoms with Crippen LogP contribution in [0.25, 0.3) is 11.1 Å². The summed E-state index contributed by atoms with van der Waals surface area (Å²) in [5.74, 6) is 0.434. The van der Waals surface area contributed by atoms with Crippen molar-refractivity contribution >= 4 is 35.5 Å². The number of nitrogens with two attached hydrogens (primary N) is 1. The van der Waals surface area contributed by atoms with E-state index in [2.05, 4.69) is 5.32 Å². The van der Waals surface area contributed by atoms with E-state index in [0.29, 0.717) is 17.2 Å². The number of aryl methyl sites for hydroxylation is 1. The van der Waals surface area contributed by atoms with Crippen molar-refractivity contribution in [2.45, 2.75) is 39.3 Å². The monoisotopic (exact) mass is 541 g/mol. The average molecular weight is 542 g/mol. The molecule has 4 rings (SSSR count). The van der Waals surface area contributed by atoms with Gasteiger partial charge >= 0.3 is 0 Å². The zero-order chi connectivity index (χ0) is 26.9. The Hall–Kier alpha value is -3.62. The number of halogens is 2. The van der Waals surface area contributed by atoms with Crippen molar-refractivity contribution in [1.82, 2.24) is 0 Å². The van der Waals surface area contributed by atoms with Gasteiger partial charge in [0.05, 0.1) is 25.0 Å². The summed E-state index contributed by atoms with van der Waals surface area (Å²) in [4.78, 5) is 26.7. The minimum atomic E-state index is -0.782. The number of nitrogens with one attached hydrogen (secondary N) is 1. The smallest absolute Gasteiger partial charge is 0.251 e. The van der Waals surface area contributed by atoms with E-state index in [4.69, 9.17) is 15.2 Å². The first kappa shape index (κ1) is 28.9. The van der Waals surface area contributed by atoms with E-state index < -0.39 is 11.4 Å². The largest absolute Gasteiger partial charge is 0.496 e. The summed E-state index contributed by atoms with van der Waals surface area (Å²) in [6.07, 6.45) is 0.211. The summed E-state index contributed by atoms with van der Waals surface area (Å²) < 4.78 is 25.8. The number of likely N-dealkylation sites (N-methyl/N-ethyl adjacent to an activating group) is 1. The molecule has 0 atom stereocenters. The molecule has 1 aliphatic rings. The van der Waals surface area contributed by atoms with Crippen LogP contribution >= 0.6 is 12.4 Å². The van der Waals surface area contributed by atoms with Gasteiger partial charge in [-0.05, 0) is 55.7 Å². The van der Waals surface area contributed by atoms with E-state index in [9.17, 15) is 14.0 Å². The van der Waals surface area contributed by atoms with Gasteiger partial charge in [-0.15, -0.1) is 12.4 Å². The highest BCUT2D eigenvalue weighted by atomic mass is 35.5. The number of ether oxygens (including phenoxy) is 2. The lowest BCUT2D eigenvalue weighted by Gasteiger charge is -2.39. The number of nitrogens with zero attached hydrogens (tertiary/aromatic N) is 1. The molecule has 0 aliphatic carbocycles. The Kier molecular flexibility index (Phi) is 8.69. The van der Waals surface area contributed by atoms with Crippen LogP contribution in [-0.2, 0) is 22.6 Å². The fourth-order valence-corrected chi connectivity index (χ4v) is 4.68. The van der Waals surface area contributed by atoms with Crippen LogP contribution < -0.4 is 25.4 Å². The first-order chi connectivity index (χ1) is 17.6. The average Bonchev–Trinajstić information content (AvgIpc) is 2.87. The highest BCUT2D eigenvalue weighted by Gasteiger charge is 2.38. The highest BCUT2D eigenvalue weighted by Crippen LogP contribution is 2.44. The van der Waals surface area contributed by atoms with Crippen LogP contribution in [0.1, 0.15) is 30.5 Å². The topological polar surface area (TPSA) is 93.9 Å². The number of benzene rings is 3. The molecular formula is C29H33ClFN3O4. The molecule has 0 saturated carbocycles. The van der Waals surface area contributed by atoms with E-state index in [1.807, 2.05) is 51.1 Å². The van der Waals surface area contributed by atoms with E-state index in [1.165, 1.54) is 12.1 Å². The molecule has 9 heteroatoms. The van der Waals surface area contributed by atoms with Crippen molar-refractivity contribution in [2.75, 3.05) is 30.9 Å². The summed E-state index contributed by atoms with van der Waals surface area (Å²) in [5, 5.41) is 3.33. The van der Waals surface area contributed by atoms with Crippen molar-refractivity contribution in [3.05, 3.63) is 71.0 Å². The number of hydrogen-bond donors (Lipinski definition) is 2. The van der Waals surface area contributed by atoms with Gasteiger partial charge in [0.25, 0.3) is 5.91 Å². The first-order valence-electron chi connectivity index (χ1n) is 12.1. The minimum Gasteiger partial charge on any atom is -0.496 e. The first-order valence-corrected chi connectivity index (χ1v) is 12.1. The Bertz CT molecular complexity index is 1380. The molecule has 38 heavy (non-hydrogen) atoms. The molecule has 7 nitrogen and oxygen atoms in total. The number of carbonyl (C=O) groups excluding carboxylic acids is 2. The third-order valence-corrected chi connectivity index (χ3v) is 6.61. The van der Waals surface area contributed by atoms with Crippen LogP contribution in [-0.4, -0.2) is 37.9 Å². The van der Waals surface area contributed by atoms with E-state index in [1.54, 1.807) is 25.1 Å². The van der Waals surface area contributed by atoms with Crippen LogP contribution in [0.3, 0.4) is 0 Å². The standard InChI is InChI=1S/C29H32FN3O4.ClH/c1-17-6-8-19(30)14-25(17)37-16-23-21(10-11-24-27(23)33(4)28(35)29(2,3)32-24)22-9-7-18(12-20(34)15-31)13-26(22)36-5;/h6-11,13-14,32H,12,15-16,31H2,1-5H3;1H. The number of anilines is 2. The summed E-state index contributed by atoms with van der Waals surface area (Å²) in [6, 6.07) is 13.8. The molecule has 1 amide bonds.